The number of likely N-dealkylation sites (tertiary alicyclic amines) is 1. The van der Waals surface area contributed by atoms with E-state index in [0.29, 0.717) is 18.5 Å². The highest BCUT2D eigenvalue weighted by atomic mass is 19.4. The molecule has 0 aliphatic carbocycles. The molecule has 2 fully saturated rings. The lowest BCUT2D eigenvalue weighted by atomic mass is 9.89. The van der Waals surface area contributed by atoms with E-state index in [9.17, 15) is 13.2 Å². The topological polar surface area (TPSA) is 24.5 Å². The predicted octanol–water partition coefficient (Wildman–Crippen LogP) is 1.99. The Morgan fingerprint density at radius 2 is 1.89 bits per heavy atom. The molecule has 3 nitrogen and oxygen atoms in total. The number of piperidine rings is 1. The van der Waals surface area contributed by atoms with Gasteiger partial charge in [-0.25, -0.2) is 0 Å². The summed E-state index contributed by atoms with van der Waals surface area (Å²) in [5.41, 5.74) is 0. The van der Waals surface area contributed by atoms with Crippen LogP contribution in [0.5, 0.6) is 0 Å². The van der Waals surface area contributed by atoms with E-state index >= 15 is 0 Å². The van der Waals surface area contributed by atoms with Crippen LogP contribution in [0, 0.1) is 5.92 Å². The van der Waals surface area contributed by atoms with Gasteiger partial charge in [-0.05, 0) is 51.2 Å². The van der Waals surface area contributed by atoms with Gasteiger partial charge in [0.25, 0.3) is 0 Å². The number of halogens is 3. The molecule has 0 aromatic heterocycles. The minimum absolute atomic E-state index is 0.245. The zero-order valence-corrected chi connectivity index (χ0v) is 10.5. The van der Waals surface area contributed by atoms with Crippen LogP contribution in [0.15, 0.2) is 0 Å². The molecule has 0 amide bonds. The maximum Gasteiger partial charge on any atom is 0.522 e. The second kappa shape index (κ2) is 6.21. The fourth-order valence-corrected chi connectivity index (χ4v) is 3.17. The number of hydrogen-bond donors (Lipinski definition) is 1. The molecule has 2 aliphatic heterocycles. The minimum Gasteiger partial charge on any atom is -0.317 e. The summed E-state index contributed by atoms with van der Waals surface area (Å²) >= 11 is 0. The summed E-state index contributed by atoms with van der Waals surface area (Å²) in [7, 11) is 0. The lowest BCUT2D eigenvalue weighted by Crippen LogP contribution is -2.42. The molecule has 0 saturated carbocycles. The molecule has 18 heavy (non-hydrogen) atoms. The summed E-state index contributed by atoms with van der Waals surface area (Å²) in [4.78, 5) is 2.18. The third kappa shape index (κ3) is 4.10. The molecular weight excluding hydrogens is 245 g/mol. The number of hydrogen-bond acceptors (Lipinski definition) is 3. The predicted molar refractivity (Wildman–Crippen MR) is 62.2 cm³/mol. The molecule has 0 aromatic rings. The van der Waals surface area contributed by atoms with Crippen molar-refractivity contribution in [3.8, 4) is 0 Å². The van der Waals surface area contributed by atoms with E-state index in [1.807, 2.05) is 0 Å². The quantitative estimate of drug-likeness (QED) is 0.842. The Morgan fingerprint density at radius 1 is 1.17 bits per heavy atom. The minimum atomic E-state index is -4.50. The molecule has 2 saturated heterocycles. The summed E-state index contributed by atoms with van der Waals surface area (Å²) in [5, 5.41) is 3.32. The normalized spacial score (nSPS) is 27.8. The number of rotatable bonds is 4. The van der Waals surface area contributed by atoms with Crippen LogP contribution in [0.4, 0.5) is 13.2 Å². The maximum atomic E-state index is 11.9. The Hall–Kier alpha value is -0.330. The molecule has 0 aromatic carbocycles. The lowest BCUT2D eigenvalue weighted by Gasteiger charge is -2.34. The van der Waals surface area contributed by atoms with Crippen molar-refractivity contribution in [1.82, 2.24) is 10.2 Å². The standard InChI is InChI=1S/C12H21F3N2O/c13-12(14,15)18-9-8-17-7-1-2-11(17)10-3-5-16-6-4-10/h10-11,16H,1-9H2. The van der Waals surface area contributed by atoms with Crippen molar-refractivity contribution >= 4 is 0 Å². The van der Waals surface area contributed by atoms with Crippen molar-refractivity contribution in [2.24, 2.45) is 5.92 Å². The highest BCUT2D eigenvalue weighted by Gasteiger charge is 2.33. The summed E-state index contributed by atoms with van der Waals surface area (Å²) in [6.45, 7) is 3.14. The molecular formula is C12H21F3N2O. The van der Waals surface area contributed by atoms with E-state index in [2.05, 4.69) is 15.0 Å². The van der Waals surface area contributed by atoms with E-state index in [4.69, 9.17) is 0 Å². The number of alkyl halides is 3. The summed E-state index contributed by atoms with van der Waals surface area (Å²) < 4.78 is 39.7. The Bertz CT molecular complexity index is 254. The third-order valence-electron chi connectivity index (χ3n) is 3.99. The molecule has 1 atom stereocenters. The molecule has 0 spiro atoms. The Kier molecular flexibility index (Phi) is 4.86. The Balaban J connectivity index is 1.76. The molecule has 1 N–H and O–H groups in total. The largest absolute Gasteiger partial charge is 0.522 e. The zero-order chi connectivity index (χ0) is 13.0. The van der Waals surface area contributed by atoms with Gasteiger partial charge in [0, 0.05) is 12.6 Å². The first-order chi connectivity index (χ1) is 8.56. The number of ether oxygens (including phenoxy) is 1. The van der Waals surface area contributed by atoms with Gasteiger partial charge >= 0.3 is 6.36 Å². The van der Waals surface area contributed by atoms with Crippen molar-refractivity contribution in [1.29, 1.82) is 0 Å². The number of nitrogens with one attached hydrogen (secondary N) is 1. The number of nitrogens with zero attached hydrogens (tertiary/aromatic N) is 1. The average molecular weight is 266 g/mol. The van der Waals surface area contributed by atoms with Gasteiger partial charge in [-0.3, -0.25) is 9.64 Å². The van der Waals surface area contributed by atoms with Crippen molar-refractivity contribution in [2.75, 3.05) is 32.8 Å². The van der Waals surface area contributed by atoms with Crippen LogP contribution in [-0.2, 0) is 4.74 Å². The van der Waals surface area contributed by atoms with Crippen LogP contribution in [0.25, 0.3) is 0 Å². The second-order valence-electron chi connectivity index (χ2n) is 5.13. The fraction of sp³-hybridized carbons (Fsp3) is 1.00. The Labute approximate surface area is 106 Å². The van der Waals surface area contributed by atoms with Crippen LogP contribution >= 0.6 is 0 Å². The first-order valence-corrected chi connectivity index (χ1v) is 6.72. The molecule has 2 aliphatic rings. The van der Waals surface area contributed by atoms with Crippen LogP contribution in [-0.4, -0.2) is 50.1 Å². The molecule has 0 bridgehead atoms. The molecule has 1 unspecified atom stereocenters. The molecule has 0 radical (unpaired) electrons. The van der Waals surface area contributed by atoms with Gasteiger partial charge in [0.2, 0.25) is 0 Å². The third-order valence-corrected chi connectivity index (χ3v) is 3.99. The van der Waals surface area contributed by atoms with Crippen LogP contribution < -0.4 is 5.32 Å². The molecule has 6 heteroatoms. The SMILES string of the molecule is FC(F)(F)OCCN1CCCC1C1CCNCC1. The van der Waals surface area contributed by atoms with E-state index in [1.54, 1.807) is 0 Å². The Morgan fingerprint density at radius 3 is 2.56 bits per heavy atom. The highest BCUT2D eigenvalue weighted by Crippen LogP contribution is 2.29. The lowest BCUT2D eigenvalue weighted by molar-refractivity contribution is -0.325. The summed E-state index contributed by atoms with van der Waals surface area (Å²) in [6.07, 6.45) is 0.00384. The highest BCUT2D eigenvalue weighted by molar-refractivity contribution is 4.87. The summed E-state index contributed by atoms with van der Waals surface area (Å²) in [6, 6.07) is 0.462. The fourth-order valence-electron chi connectivity index (χ4n) is 3.17. The van der Waals surface area contributed by atoms with E-state index in [-0.39, 0.29) is 6.61 Å². The average Bonchev–Trinajstić information content (AvgIpc) is 2.77. The van der Waals surface area contributed by atoms with Gasteiger partial charge in [0.15, 0.2) is 0 Å². The monoisotopic (exact) mass is 266 g/mol. The van der Waals surface area contributed by atoms with Gasteiger partial charge < -0.3 is 5.32 Å². The van der Waals surface area contributed by atoms with Crippen molar-refractivity contribution in [3.05, 3.63) is 0 Å². The molecule has 106 valence electrons. The van der Waals surface area contributed by atoms with Gasteiger partial charge in [0.05, 0.1) is 6.61 Å². The molecule has 2 rings (SSSR count). The second-order valence-corrected chi connectivity index (χ2v) is 5.13. The maximum absolute atomic E-state index is 11.9. The first kappa shape index (κ1) is 14.1. The van der Waals surface area contributed by atoms with Crippen molar-refractivity contribution < 1.29 is 17.9 Å². The van der Waals surface area contributed by atoms with E-state index < -0.39 is 6.36 Å². The van der Waals surface area contributed by atoms with Crippen molar-refractivity contribution in [2.45, 2.75) is 38.1 Å². The first-order valence-electron chi connectivity index (χ1n) is 6.72. The van der Waals surface area contributed by atoms with Gasteiger partial charge in [-0.2, -0.15) is 0 Å². The van der Waals surface area contributed by atoms with Gasteiger partial charge in [-0.1, -0.05) is 0 Å². The zero-order valence-electron chi connectivity index (χ0n) is 10.5. The summed E-state index contributed by atoms with van der Waals surface area (Å²) in [5.74, 6) is 0.639. The van der Waals surface area contributed by atoms with Crippen LogP contribution in [0.1, 0.15) is 25.7 Å². The smallest absolute Gasteiger partial charge is 0.317 e. The van der Waals surface area contributed by atoms with Crippen molar-refractivity contribution in [3.63, 3.8) is 0 Å². The molecule has 2 heterocycles. The van der Waals surface area contributed by atoms with Gasteiger partial charge in [0.1, 0.15) is 0 Å². The van der Waals surface area contributed by atoms with E-state index in [1.165, 1.54) is 0 Å². The van der Waals surface area contributed by atoms with E-state index in [0.717, 1.165) is 45.3 Å². The van der Waals surface area contributed by atoms with Gasteiger partial charge in [-0.15, -0.1) is 13.2 Å². The van der Waals surface area contributed by atoms with Crippen LogP contribution in [0.3, 0.4) is 0 Å². The van der Waals surface area contributed by atoms with Crippen LogP contribution in [0.2, 0.25) is 0 Å².